The molecule has 1 saturated heterocycles. The fourth-order valence-corrected chi connectivity index (χ4v) is 8.29. The number of carbonyl (C=O) groups excluding carboxylic acids is 3. The second-order valence-electron chi connectivity index (χ2n) is 16.0. The zero-order chi connectivity index (χ0) is 39.5. The van der Waals surface area contributed by atoms with E-state index in [4.69, 9.17) is 19.4 Å². The van der Waals surface area contributed by atoms with E-state index in [9.17, 15) is 24.3 Å². The first-order chi connectivity index (χ1) is 26.9. The van der Waals surface area contributed by atoms with Gasteiger partial charge in [0.1, 0.15) is 35.0 Å². The number of fused-ring (bicyclic) bond motifs is 3. The van der Waals surface area contributed by atoms with Gasteiger partial charge in [-0.3, -0.25) is 9.59 Å². The fraction of sp³-hybridized carbons (Fsp3) is 0.442. The molecule has 56 heavy (non-hydrogen) atoms. The fourth-order valence-electron chi connectivity index (χ4n) is 7.58. The number of benzene rings is 2. The van der Waals surface area contributed by atoms with E-state index in [0.29, 0.717) is 24.1 Å². The molecule has 2 fully saturated rings. The van der Waals surface area contributed by atoms with Gasteiger partial charge in [-0.15, -0.1) is 11.3 Å². The lowest BCUT2D eigenvalue weighted by Gasteiger charge is -2.30. The summed E-state index contributed by atoms with van der Waals surface area (Å²) in [4.78, 5) is 66.5. The Morgan fingerprint density at radius 3 is 2.55 bits per heavy atom. The van der Waals surface area contributed by atoms with Crippen molar-refractivity contribution < 1.29 is 33.8 Å². The highest BCUT2D eigenvalue weighted by Gasteiger charge is 2.61. The molecule has 2 aromatic heterocycles. The number of alkyl carbamates (subject to hydrolysis) is 1. The molecule has 2 aromatic carbocycles. The minimum absolute atomic E-state index is 0.00877. The SMILES string of the molecule is CC(C)(C)OC(=O)N[C@@H]1CCCCC/C=C\C2CC2(C(=O)O)NC(=O)C2C[C@@H](Oc3nc4ccc(CCc5ccccc5)cc4nc3-c3cccs3)CN2C1=O. The minimum Gasteiger partial charge on any atom is -0.479 e. The summed E-state index contributed by atoms with van der Waals surface area (Å²) in [7, 11) is 0. The number of thiophene rings is 1. The van der Waals surface area contributed by atoms with Gasteiger partial charge in [-0.25, -0.2) is 19.6 Å². The van der Waals surface area contributed by atoms with E-state index in [1.54, 1.807) is 20.8 Å². The highest BCUT2D eigenvalue weighted by molar-refractivity contribution is 7.13. The number of rotatable bonds is 8. The number of nitrogens with one attached hydrogen (secondary N) is 2. The number of amides is 3. The predicted molar refractivity (Wildman–Crippen MR) is 213 cm³/mol. The minimum atomic E-state index is -1.45. The van der Waals surface area contributed by atoms with Gasteiger partial charge in [0, 0.05) is 12.3 Å². The van der Waals surface area contributed by atoms with Crippen LogP contribution in [0.1, 0.15) is 76.8 Å². The number of ether oxygens (including phenoxy) is 2. The van der Waals surface area contributed by atoms with Crippen LogP contribution in [0.5, 0.6) is 5.88 Å². The molecule has 294 valence electrons. The number of nitrogens with zero attached hydrogens (tertiary/aromatic N) is 3. The van der Waals surface area contributed by atoms with Crippen molar-refractivity contribution in [1.29, 1.82) is 0 Å². The third-order valence-corrected chi connectivity index (χ3v) is 11.5. The summed E-state index contributed by atoms with van der Waals surface area (Å²) in [5.41, 5.74) is 2.07. The summed E-state index contributed by atoms with van der Waals surface area (Å²) in [6, 6.07) is 18.2. The van der Waals surface area contributed by atoms with Crippen molar-refractivity contribution in [1.82, 2.24) is 25.5 Å². The smallest absolute Gasteiger partial charge is 0.408 e. The number of aryl methyl sites for hydroxylation is 2. The largest absolute Gasteiger partial charge is 0.479 e. The topological polar surface area (TPSA) is 160 Å². The average Bonchev–Trinajstić information content (AvgIpc) is 3.45. The van der Waals surface area contributed by atoms with Crippen molar-refractivity contribution in [2.75, 3.05) is 6.54 Å². The van der Waals surface area contributed by atoms with Crippen molar-refractivity contribution in [2.24, 2.45) is 5.92 Å². The van der Waals surface area contributed by atoms with Crippen LogP contribution in [0.3, 0.4) is 0 Å². The van der Waals surface area contributed by atoms with Crippen LogP contribution in [0.4, 0.5) is 4.79 Å². The van der Waals surface area contributed by atoms with Gasteiger partial charge in [-0.1, -0.05) is 67.5 Å². The number of hydrogen-bond acceptors (Lipinski definition) is 9. The molecule has 4 aromatic rings. The lowest BCUT2D eigenvalue weighted by atomic mass is 10.0. The maximum Gasteiger partial charge on any atom is 0.408 e. The molecule has 2 aliphatic heterocycles. The molecule has 13 heteroatoms. The van der Waals surface area contributed by atoms with Gasteiger partial charge < -0.3 is 30.1 Å². The van der Waals surface area contributed by atoms with Crippen LogP contribution in [-0.4, -0.2) is 79.7 Å². The molecule has 1 aliphatic carbocycles. The molecule has 3 N–H and O–H groups in total. The second-order valence-corrected chi connectivity index (χ2v) is 16.9. The lowest BCUT2D eigenvalue weighted by Crippen LogP contribution is -2.56. The standard InChI is InChI=1S/C43H49N5O7S/c1-42(2,3)55-41(53)46-32-16-11-6-4-5-10-15-29-25-43(29,40(51)52)47-37(49)34-24-30(26-48(34)39(32)50)54-38-36(35-17-12-22-56-35)44-33-23-28(20-21-31(33)45-38)19-18-27-13-8-7-9-14-27/h7-10,12-15,17,20-23,29-30,32,34H,4-6,11,16,18-19,24-26H2,1-3H3,(H,46,53)(H,47,49)(H,51,52)/b15-10-/t29?,30-,32-,34?,43?/m1/s1. The average molecular weight is 780 g/mol. The molecule has 12 nitrogen and oxygen atoms in total. The number of allylic oxidation sites excluding steroid dienone is 1. The van der Waals surface area contributed by atoms with E-state index in [1.165, 1.54) is 21.8 Å². The molecular weight excluding hydrogens is 731 g/mol. The van der Waals surface area contributed by atoms with E-state index < -0.39 is 53.2 Å². The summed E-state index contributed by atoms with van der Waals surface area (Å²) in [5.74, 6) is -2.24. The highest BCUT2D eigenvalue weighted by Crippen LogP contribution is 2.45. The summed E-state index contributed by atoms with van der Waals surface area (Å²) >= 11 is 1.50. The zero-order valence-electron chi connectivity index (χ0n) is 32.0. The Hall–Kier alpha value is -5.30. The molecule has 3 aliphatic rings. The van der Waals surface area contributed by atoms with Crippen molar-refractivity contribution in [2.45, 2.75) is 108 Å². The predicted octanol–water partition coefficient (Wildman–Crippen LogP) is 6.86. The van der Waals surface area contributed by atoms with Gasteiger partial charge in [0.2, 0.25) is 17.7 Å². The third kappa shape index (κ3) is 9.04. The first-order valence-corrected chi connectivity index (χ1v) is 20.3. The Balaban J connectivity index is 1.18. The molecule has 0 bridgehead atoms. The van der Waals surface area contributed by atoms with Gasteiger partial charge in [-0.2, -0.15) is 0 Å². The van der Waals surface area contributed by atoms with Crippen LogP contribution in [-0.2, 0) is 32.0 Å². The first kappa shape index (κ1) is 39.0. The summed E-state index contributed by atoms with van der Waals surface area (Å²) in [6.07, 6.45) is 7.86. The number of carboxylic acids is 1. The van der Waals surface area contributed by atoms with E-state index >= 15 is 0 Å². The van der Waals surface area contributed by atoms with Crippen LogP contribution >= 0.6 is 11.3 Å². The van der Waals surface area contributed by atoms with Crippen LogP contribution in [0.2, 0.25) is 0 Å². The quantitative estimate of drug-likeness (QED) is 0.162. The number of aliphatic carboxylic acids is 1. The monoisotopic (exact) mass is 779 g/mol. The lowest BCUT2D eigenvalue weighted by molar-refractivity contribution is -0.145. The third-order valence-electron chi connectivity index (χ3n) is 10.6. The number of aromatic nitrogens is 2. The van der Waals surface area contributed by atoms with Crippen molar-refractivity contribution in [3.05, 3.63) is 89.3 Å². The molecule has 0 spiro atoms. The van der Waals surface area contributed by atoms with E-state index in [0.717, 1.165) is 48.1 Å². The van der Waals surface area contributed by atoms with Gasteiger partial charge in [0.05, 0.1) is 22.5 Å². The Kier molecular flexibility index (Phi) is 11.4. The normalized spacial score (nSPS) is 24.9. The Morgan fingerprint density at radius 1 is 1.00 bits per heavy atom. The van der Waals surface area contributed by atoms with Gasteiger partial charge in [0.15, 0.2) is 0 Å². The Morgan fingerprint density at radius 2 is 1.80 bits per heavy atom. The molecule has 3 amide bonds. The number of carboxylic acid groups (broad SMARTS) is 1. The second kappa shape index (κ2) is 16.4. The highest BCUT2D eigenvalue weighted by atomic mass is 32.1. The van der Waals surface area contributed by atoms with Gasteiger partial charge in [-0.05, 0) is 94.0 Å². The van der Waals surface area contributed by atoms with Gasteiger partial charge >= 0.3 is 12.1 Å². The number of carbonyl (C=O) groups is 4. The summed E-state index contributed by atoms with van der Waals surface area (Å²) in [6.45, 7) is 5.25. The molecular formula is C43H49N5O7S. The van der Waals surface area contributed by atoms with Gasteiger partial charge in [0.25, 0.3) is 0 Å². The number of hydrogen-bond donors (Lipinski definition) is 3. The van der Waals surface area contributed by atoms with Crippen molar-refractivity contribution in [3.8, 4) is 16.5 Å². The maximum absolute atomic E-state index is 14.5. The van der Waals surface area contributed by atoms with Crippen molar-refractivity contribution in [3.63, 3.8) is 0 Å². The molecule has 5 atom stereocenters. The van der Waals surface area contributed by atoms with Crippen LogP contribution in [0.25, 0.3) is 21.6 Å². The first-order valence-electron chi connectivity index (χ1n) is 19.5. The molecule has 3 unspecified atom stereocenters. The van der Waals surface area contributed by atoms with Crippen molar-refractivity contribution >= 4 is 46.2 Å². The van der Waals surface area contributed by atoms with Crippen LogP contribution in [0, 0.1) is 5.92 Å². The molecule has 1 saturated carbocycles. The Bertz CT molecular complexity index is 2100. The van der Waals surface area contributed by atoms with E-state index in [-0.39, 0.29) is 31.2 Å². The Labute approximate surface area is 330 Å². The van der Waals surface area contributed by atoms with E-state index in [1.807, 2.05) is 60.0 Å². The zero-order valence-corrected chi connectivity index (χ0v) is 32.8. The van der Waals surface area contributed by atoms with Crippen LogP contribution in [0.15, 0.2) is 78.2 Å². The summed E-state index contributed by atoms with van der Waals surface area (Å²) in [5, 5.41) is 17.8. The summed E-state index contributed by atoms with van der Waals surface area (Å²) < 4.78 is 12.1. The molecule has 0 radical (unpaired) electrons. The molecule has 7 rings (SSSR count). The molecule has 4 heterocycles. The van der Waals surface area contributed by atoms with Crippen LogP contribution < -0.4 is 15.4 Å². The maximum atomic E-state index is 14.5. The van der Waals surface area contributed by atoms with E-state index in [2.05, 4.69) is 28.8 Å².